The zero-order valence-electron chi connectivity index (χ0n) is 14.7. The summed E-state index contributed by atoms with van der Waals surface area (Å²) in [5.74, 6) is 0.576. The Bertz CT molecular complexity index is 984. The van der Waals surface area contributed by atoms with Crippen LogP contribution in [0.3, 0.4) is 0 Å². The largest absolute Gasteiger partial charge is 0.496 e. The first kappa shape index (κ1) is 17.6. The first-order valence-electron chi connectivity index (χ1n) is 8.55. The molecule has 0 bridgehead atoms. The molecular formula is C22H17ClFNO2. The molecule has 4 rings (SSSR count). The normalized spacial score (nSPS) is 16.0. The number of hydrogen-bond acceptors (Lipinski definition) is 3. The molecule has 1 aliphatic heterocycles. The van der Waals surface area contributed by atoms with Crippen molar-refractivity contribution in [2.75, 3.05) is 13.7 Å². The Morgan fingerprint density at radius 3 is 2.63 bits per heavy atom. The third-order valence-electron chi connectivity index (χ3n) is 4.52. The monoisotopic (exact) mass is 381 g/mol. The quantitative estimate of drug-likeness (QED) is 0.582. The lowest BCUT2D eigenvalue weighted by molar-refractivity contribution is 0.318. The predicted molar refractivity (Wildman–Crippen MR) is 105 cm³/mol. The molecule has 136 valence electrons. The lowest BCUT2D eigenvalue weighted by Crippen LogP contribution is -2.05. The second kappa shape index (κ2) is 7.41. The summed E-state index contributed by atoms with van der Waals surface area (Å²) in [6.45, 7) is 0.334. The second-order valence-corrected chi connectivity index (χ2v) is 6.59. The van der Waals surface area contributed by atoms with Crippen molar-refractivity contribution in [3.05, 3.63) is 88.7 Å². The third kappa shape index (κ3) is 3.40. The zero-order valence-corrected chi connectivity index (χ0v) is 15.4. The third-order valence-corrected chi connectivity index (χ3v) is 4.84. The number of ether oxygens (including phenoxy) is 2. The SMILES string of the molecule is COc1ccc(C2COC(c3c(F)cccc3Cl)=N2)cc1-c1ccccc1. The average molecular weight is 382 g/mol. The molecule has 0 spiro atoms. The summed E-state index contributed by atoms with van der Waals surface area (Å²) in [5, 5.41) is 0.286. The molecule has 27 heavy (non-hydrogen) atoms. The molecule has 0 saturated carbocycles. The Morgan fingerprint density at radius 1 is 1.07 bits per heavy atom. The van der Waals surface area contributed by atoms with Gasteiger partial charge in [-0.05, 0) is 35.4 Å². The van der Waals surface area contributed by atoms with Crippen LogP contribution < -0.4 is 4.74 Å². The van der Waals surface area contributed by atoms with Crippen molar-refractivity contribution >= 4 is 17.5 Å². The molecule has 0 aliphatic carbocycles. The minimum atomic E-state index is -0.443. The van der Waals surface area contributed by atoms with Crippen LogP contribution in [0.15, 0.2) is 71.7 Å². The highest BCUT2D eigenvalue weighted by Gasteiger charge is 2.26. The van der Waals surface area contributed by atoms with Gasteiger partial charge in [0, 0.05) is 5.56 Å². The minimum Gasteiger partial charge on any atom is -0.496 e. The summed E-state index contributed by atoms with van der Waals surface area (Å²) in [4.78, 5) is 4.57. The molecule has 1 unspecified atom stereocenters. The van der Waals surface area contributed by atoms with Gasteiger partial charge >= 0.3 is 0 Å². The van der Waals surface area contributed by atoms with E-state index in [1.54, 1.807) is 19.2 Å². The number of halogens is 2. The number of rotatable bonds is 4. The maximum atomic E-state index is 14.2. The number of aliphatic imine (C=N–C) groups is 1. The average Bonchev–Trinajstić information content (AvgIpc) is 3.18. The van der Waals surface area contributed by atoms with Crippen LogP contribution in [0.4, 0.5) is 4.39 Å². The minimum absolute atomic E-state index is 0.207. The summed E-state index contributed by atoms with van der Waals surface area (Å²) in [6.07, 6.45) is 0. The number of benzene rings is 3. The van der Waals surface area contributed by atoms with E-state index in [0.29, 0.717) is 6.61 Å². The number of methoxy groups -OCH3 is 1. The highest BCUT2D eigenvalue weighted by Crippen LogP contribution is 2.35. The van der Waals surface area contributed by atoms with E-state index in [1.807, 2.05) is 48.5 Å². The molecular weight excluding hydrogens is 365 g/mol. The van der Waals surface area contributed by atoms with E-state index in [-0.39, 0.29) is 22.5 Å². The Balaban J connectivity index is 1.72. The molecule has 3 aromatic carbocycles. The Labute approximate surface area is 162 Å². The van der Waals surface area contributed by atoms with E-state index < -0.39 is 5.82 Å². The van der Waals surface area contributed by atoms with Crippen molar-refractivity contribution in [3.63, 3.8) is 0 Å². The van der Waals surface area contributed by atoms with Crippen LogP contribution in [0.25, 0.3) is 11.1 Å². The van der Waals surface area contributed by atoms with Gasteiger partial charge in [0.25, 0.3) is 0 Å². The van der Waals surface area contributed by atoms with E-state index in [1.165, 1.54) is 6.07 Å². The summed E-state index contributed by atoms with van der Waals surface area (Å²) < 4.78 is 25.3. The van der Waals surface area contributed by atoms with E-state index in [9.17, 15) is 4.39 Å². The van der Waals surface area contributed by atoms with Gasteiger partial charge in [-0.25, -0.2) is 9.38 Å². The molecule has 3 nitrogen and oxygen atoms in total. The maximum Gasteiger partial charge on any atom is 0.221 e. The molecule has 3 aromatic rings. The van der Waals surface area contributed by atoms with Gasteiger partial charge in [0.2, 0.25) is 5.90 Å². The molecule has 1 heterocycles. The fourth-order valence-corrected chi connectivity index (χ4v) is 3.40. The molecule has 5 heteroatoms. The highest BCUT2D eigenvalue weighted by atomic mass is 35.5. The van der Waals surface area contributed by atoms with Gasteiger partial charge in [0.15, 0.2) is 0 Å². The summed E-state index contributed by atoms with van der Waals surface area (Å²) >= 11 is 6.13. The van der Waals surface area contributed by atoms with Crippen molar-refractivity contribution in [2.45, 2.75) is 6.04 Å². The van der Waals surface area contributed by atoms with E-state index in [2.05, 4.69) is 4.99 Å². The smallest absolute Gasteiger partial charge is 0.221 e. The van der Waals surface area contributed by atoms with Gasteiger partial charge in [0.1, 0.15) is 24.2 Å². The van der Waals surface area contributed by atoms with Crippen molar-refractivity contribution in [1.29, 1.82) is 0 Å². The van der Waals surface area contributed by atoms with Crippen LogP contribution >= 0.6 is 11.6 Å². The molecule has 0 N–H and O–H groups in total. The highest BCUT2D eigenvalue weighted by molar-refractivity contribution is 6.33. The van der Waals surface area contributed by atoms with Crippen LogP contribution in [0.5, 0.6) is 5.75 Å². The molecule has 0 fully saturated rings. The van der Waals surface area contributed by atoms with E-state index in [0.717, 1.165) is 22.4 Å². The molecule has 1 atom stereocenters. The van der Waals surface area contributed by atoms with Crippen LogP contribution in [-0.2, 0) is 4.74 Å². The van der Waals surface area contributed by atoms with Crippen molar-refractivity contribution in [2.24, 2.45) is 4.99 Å². The van der Waals surface area contributed by atoms with Crippen LogP contribution in [-0.4, -0.2) is 19.6 Å². The van der Waals surface area contributed by atoms with Crippen LogP contribution in [0.1, 0.15) is 17.2 Å². The summed E-state index contributed by atoms with van der Waals surface area (Å²) in [5.41, 5.74) is 3.20. The Morgan fingerprint density at radius 2 is 1.89 bits per heavy atom. The van der Waals surface area contributed by atoms with Gasteiger partial charge in [-0.2, -0.15) is 0 Å². The number of hydrogen-bond donors (Lipinski definition) is 0. The Kier molecular flexibility index (Phi) is 4.82. The van der Waals surface area contributed by atoms with E-state index in [4.69, 9.17) is 21.1 Å². The number of nitrogens with zero attached hydrogens (tertiary/aromatic N) is 1. The van der Waals surface area contributed by atoms with Crippen molar-refractivity contribution < 1.29 is 13.9 Å². The van der Waals surface area contributed by atoms with Crippen LogP contribution in [0, 0.1) is 5.82 Å². The molecule has 0 aromatic heterocycles. The van der Waals surface area contributed by atoms with E-state index >= 15 is 0 Å². The summed E-state index contributed by atoms with van der Waals surface area (Å²) in [7, 11) is 1.65. The zero-order chi connectivity index (χ0) is 18.8. The summed E-state index contributed by atoms with van der Waals surface area (Å²) in [6, 6.07) is 20.2. The lowest BCUT2D eigenvalue weighted by Gasteiger charge is -2.13. The van der Waals surface area contributed by atoms with Gasteiger partial charge in [0.05, 0.1) is 17.7 Å². The van der Waals surface area contributed by atoms with Crippen molar-refractivity contribution in [3.8, 4) is 16.9 Å². The molecule has 0 radical (unpaired) electrons. The standard InChI is InChI=1S/C22H17ClFNO2/c1-26-20-11-10-15(12-16(20)14-6-3-2-4-7-14)19-13-27-22(25-19)21-17(23)8-5-9-18(21)24/h2-12,19H,13H2,1H3. The van der Waals surface area contributed by atoms with Gasteiger partial charge in [-0.3, -0.25) is 0 Å². The van der Waals surface area contributed by atoms with Crippen molar-refractivity contribution in [1.82, 2.24) is 0 Å². The predicted octanol–water partition coefficient (Wildman–Crippen LogP) is 5.67. The molecule has 0 amide bonds. The van der Waals surface area contributed by atoms with Gasteiger partial charge < -0.3 is 9.47 Å². The lowest BCUT2D eigenvalue weighted by atomic mass is 9.99. The topological polar surface area (TPSA) is 30.8 Å². The van der Waals surface area contributed by atoms with Gasteiger partial charge in [-0.15, -0.1) is 0 Å². The fourth-order valence-electron chi connectivity index (χ4n) is 3.16. The van der Waals surface area contributed by atoms with Crippen LogP contribution in [0.2, 0.25) is 5.02 Å². The second-order valence-electron chi connectivity index (χ2n) is 6.18. The fraction of sp³-hybridized carbons (Fsp3) is 0.136. The first-order valence-corrected chi connectivity index (χ1v) is 8.93. The molecule has 0 saturated heterocycles. The maximum absolute atomic E-state index is 14.2. The Hall–Kier alpha value is -2.85. The first-order chi connectivity index (χ1) is 13.2. The van der Waals surface area contributed by atoms with Gasteiger partial charge in [-0.1, -0.05) is 54.1 Å². The molecule has 1 aliphatic rings.